The highest BCUT2D eigenvalue weighted by Crippen LogP contribution is 2.28. The summed E-state index contributed by atoms with van der Waals surface area (Å²) < 4.78 is 32.6. The first-order valence-electron chi connectivity index (χ1n) is 7.99. The van der Waals surface area contributed by atoms with Crippen LogP contribution in [0, 0.1) is 11.8 Å². The van der Waals surface area contributed by atoms with Crippen LogP contribution in [0.2, 0.25) is 0 Å². The van der Waals surface area contributed by atoms with Crippen molar-refractivity contribution in [1.29, 1.82) is 0 Å². The second-order valence-electron chi connectivity index (χ2n) is 5.61. The molecule has 0 atom stereocenters. The zero-order chi connectivity index (χ0) is 21.0. The third-order valence-corrected chi connectivity index (χ3v) is 5.79. The van der Waals surface area contributed by atoms with E-state index < -0.39 is 16.0 Å². The van der Waals surface area contributed by atoms with Crippen molar-refractivity contribution in [3.63, 3.8) is 0 Å². The van der Waals surface area contributed by atoms with E-state index in [0.717, 1.165) is 11.3 Å². The molecular formula is C19H14N2O6S2. The molecule has 0 spiro atoms. The summed E-state index contributed by atoms with van der Waals surface area (Å²) in [5, 5.41) is 19.7. The summed E-state index contributed by atoms with van der Waals surface area (Å²) >= 11 is 1.06. The summed E-state index contributed by atoms with van der Waals surface area (Å²) in [6, 6.07) is 10.0. The lowest BCUT2D eigenvalue weighted by Crippen LogP contribution is -2.14. The highest BCUT2D eigenvalue weighted by molar-refractivity contribution is 7.92. The van der Waals surface area contributed by atoms with Crippen LogP contribution in [0.25, 0.3) is 0 Å². The Balaban J connectivity index is 1.83. The van der Waals surface area contributed by atoms with Gasteiger partial charge in [-0.3, -0.25) is 4.72 Å². The number of carboxylic acid groups (broad SMARTS) is 1. The number of benzene rings is 2. The quantitative estimate of drug-likeness (QED) is 0.531. The predicted molar refractivity (Wildman–Crippen MR) is 107 cm³/mol. The molecule has 10 heteroatoms. The second-order valence-corrected chi connectivity index (χ2v) is 8.10. The Bertz CT molecular complexity index is 1220. The number of anilines is 1. The lowest BCUT2D eigenvalue weighted by atomic mass is 10.2. The van der Waals surface area contributed by atoms with Crippen molar-refractivity contribution < 1.29 is 28.2 Å². The predicted octanol–water partition coefficient (Wildman–Crippen LogP) is 2.76. The van der Waals surface area contributed by atoms with E-state index in [0.29, 0.717) is 10.6 Å². The number of sulfonamides is 1. The Hall–Kier alpha value is -3.55. The number of phenols is 1. The van der Waals surface area contributed by atoms with E-state index in [1.165, 1.54) is 42.8 Å². The molecule has 8 nitrogen and oxygen atoms in total. The standard InChI is InChI=1S/C19H14N2O6S2/c1-27-16-10-13(19(23)24)5-8-15(16)21-29(25,26)18-11-28-17(20-18)9-4-12-2-6-14(22)7-3-12/h2-3,5-8,10-11,21-22H,1H3,(H,23,24). The first kappa shape index (κ1) is 20.2. The van der Waals surface area contributed by atoms with E-state index >= 15 is 0 Å². The van der Waals surface area contributed by atoms with Crippen LogP contribution in [-0.2, 0) is 10.0 Å². The van der Waals surface area contributed by atoms with Crippen molar-refractivity contribution >= 4 is 33.0 Å². The molecule has 148 valence electrons. The van der Waals surface area contributed by atoms with Crippen LogP contribution in [0.5, 0.6) is 11.5 Å². The first-order chi connectivity index (χ1) is 13.8. The molecule has 3 rings (SSSR count). The number of aromatic carboxylic acids is 1. The smallest absolute Gasteiger partial charge is 0.335 e. The van der Waals surface area contributed by atoms with Gasteiger partial charge in [0.2, 0.25) is 0 Å². The molecule has 29 heavy (non-hydrogen) atoms. The largest absolute Gasteiger partial charge is 0.508 e. The van der Waals surface area contributed by atoms with Gasteiger partial charge in [0.15, 0.2) is 10.0 Å². The minimum atomic E-state index is -4.03. The zero-order valence-corrected chi connectivity index (χ0v) is 16.5. The van der Waals surface area contributed by atoms with Crippen LogP contribution in [0.1, 0.15) is 20.9 Å². The molecule has 0 saturated carbocycles. The van der Waals surface area contributed by atoms with Crippen molar-refractivity contribution in [2.75, 3.05) is 11.8 Å². The molecular weight excluding hydrogens is 416 g/mol. The SMILES string of the molecule is COc1cc(C(=O)O)ccc1NS(=O)(=O)c1csc(C#Cc2ccc(O)cc2)n1. The highest BCUT2D eigenvalue weighted by Gasteiger charge is 2.20. The number of nitrogens with zero attached hydrogens (tertiary/aromatic N) is 1. The fraction of sp³-hybridized carbons (Fsp3) is 0.0526. The lowest BCUT2D eigenvalue weighted by molar-refractivity contribution is 0.0696. The van der Waals surface area contributed by atoms with Gasteiger partial charge in [-0.25, -0.2) is 9.78 Å². The molecule has 0 amide bonds. The molecule has 1 aromatic heterocycles. The number of hydrogen-bond acceptors (Lipinski definition) is 7. The average molecular weight is 430 g/mol. The van der Waals surface area contributed by atoms with Crippen LogP contribution in [0.3, 0.4) is 0 Å². The summed E-state index contributed by atoms with van der Waals surface area (Å²) in [7, 11) is -2.72. The number of rotatable bonds is 5. The fourth-order valence-corrected chi connectivity index (χ4v) is 4.23. The van der Waals surface area contributed by atoms with Gasteiger partial charge in [-0.1, -0.05) is 5.92 Å². The number of methoxy groups -OCH3 is 1. The summed E-state index contributed by atoms with van der Waals surface area (Å²) in [4.78, 5) is 15.1. The monoisotopic (exact) mass is 430 g/mol. The van der Waals surface area contributed by atoms with Crippen LogP contribution in [0.15, 0.2) is 52.9 Å². The molecule has 0 radical (unpaired) electrons. The van der Waals surface area contributed by atoms with Crippen molar-refractivity contribution in [3.05, 3.63) is 64.0 Å². The van der Waals surface area contributed by atoms with Crippen LogP contribution < -0.4 is 9.46 Å². The third-order valence-electron chi connectivity index (χ3n) is 3.63. The van der Waals surface area contributed by atoms with Gasteiger partial charge in [0.1, 0.15) is 11.5 Å². The van der Waals surface area contributed by atoms with Gasteiger partial charge in [-0.15, -0.1) is 11.3 Å². The first-order valence-corrected chi connectivity index (χ1v) is 10.4. The molecule has 0 aliphatic rings. The maximum absolute atomic E-state index is 12.6. The highest BCUT2D eigenvalue weighted by atomic mass is 32.2. The molecule has 0 saturated heterocycles. The third kappa shape index (κ3) is 4.84. The van der Waals surface area contributed by atoms with E-state index in [9.17, 15) is 18.3 Å². The number of carboxylic acids is 1. The van der Waals surface area contributed by atoms with Crippen LogP contribution in [0.4, 0.5) is 5.69 Å². The van der Waals surface area contributed by atoms with Gasteiger partial charge >= 0.3 is 5.97 Å². The molecule has 0 unspecified atom stereocenters. The van der Waals surface area contributed by atoms with E-state index in [2.05, 4.69) is 21.5 Å². The lowest BCUT2D eigenvalue weighted by Gasteiger charge is -2.11. The molecule has 3 N–H and O–H groups in total. The molecule has 2 aromatic carbocycles. The maximum atomic E-state index is 12.6. The van der Waals surface area contributed by atoms with E-state index in [4.69, 9.17) is 9.84 Å². The van der Waals surface area contributed by atoms with Gasteiger partial charge < -0.3 is 14.9 Å². The molecule has 0 fully saturated rings. The fourth-order valence-electron chi connectivity index (χ4n) is 2.22. The number of hydrogen-bond donors (Lipinski definition) is 3. The Labute approximate surface area is 170 Å². The van der Waals surface area contributed by atoms with Gasteiger partial charge in [0.05, 0.1) is 18.4 Å². The summed E-state index contributed by atoms with van der Waals surface area (Å²) in [5.74, 6) is 4.64. The van der Waals surface area contributed by atoms with Crippen LogP contribution in [-0.4, -0.2) is 36.7 Å². The second kappa shape index (κ2) is 8.22. The number of ether oxygens (including phenoxy) is 1. The Morgan fingerprint density at radius 3 is 2.55 bits per heavy atom. The van der Waals surface area contributed by atoms with Gasteiger partial charge in [-0.05, 0) is 48.4 Å². The van der Waals surface area contributed by atoms with E-state index in [1.54, 1.807) is 12.1 Å². The van der Waals surface area contributed by atoms with Gasteiger partial charge in [-0.2, -0.15) is 8.42 Å². The number of nitrogens with one attached hydrogen (secondary N) is 1. The number of aromatic nitrogens is 1. The average Bonchev–Trinajstić information content (AvgIpc) is 3.17. The van der Waals surface area contributed by atoms with Crippen molar-refractivity contribution in [3.8, 4) is 23.3 Å². The Morgan fingerprint density at radius 1 is 1.17 bits per heavy atom. The molecule has 0 bridgehead atoms. The van der Waals surface area contributed by atoms with Crippen LogP contribution >= 0.6 is 11.3 Å². The Morgan fingerprint density at radius 2 is 1.90 bits per heavy atom. The number of thiazole rings is 1. The molecule has 0 aliphatic heterocycles. The summed E-state index contributed by atoms with van der Waals surface area (Å²) in [5.41, 5.74) is 0.691. The summed E-state index contributed by atoms with van der Waals surface area (Å²) in [6.07, 6.45) is 0. The zero-order valence-electron chi connectivity index (χ0n) is 14.9. The van der Waals surface area contributed by atoms with Crippen molar-refractivity contribution in [2.24, 2.45) is 0 Å². The molecule has 0 aliphatic carbocycles. The molecule has 3 aromatic rings. The minimum absolute atomic E-state index is 0.0368. The van der Waals surface area contributed by atoms with Gasteiger partial charge in [0, 0.05) is 10.9 Å². The number of phenolic OH excluding ortho intramolecular Hbond substituents is 1. The number of carbonyl (C=O) groups is 1. The van der Waals surface area contributed by atoms with Crippen molar-refractivity contribution in [1.82, 2.24) is 4.98 Å². The summed E-state index contributed by atoms with van der Waals surface area (Å²) in [6.45, 7) is 0. The topological polar surface area (TPSA) is 126 Å². The van der Waals surface area contributed by atoms with E-state index in [-0.39, 0.29) is 27.8 Å². The number of aromatic hydroxyl groups is 1. The van der Waals surface area contributed by atoms with Crippen molar-refractivity contribution in [2.45, 2.75) is 5.03 Å². The Kier molecular flexibility index (Phi) is 5.72. The van der Waals surface area contributed by atoms with Gasteiger partial charge in [0.25, 0.3) is 10.0 Å². The van der Waals surface area contributed by atoms with E-state index in [1.807, 2.05) is 0 Å². The molecule has 1 heterocycles. The normalized spacial score (nSPS) is 10.7. The minimum Gasteiger partial charge on any atom is -0.508 e. The maximum Gasteiger partial charge on any atom is 0.335 e.